The van der Waals surface area contributed by atoms with Gasteiger partial charge < -0.3 is 22.5 Å². The van der Waals surface area contributed by atoms with Crippen molar-refractivity contribution < 1.29 is 0 Å². The number of nitrogens with one attached hydrogen (secondary N) is 1. The Labute approximate surface area is 187 Å². The Bertz CT molecular complexity index is 1000. The first-order valence-electron chi connectivity index (χ1n) is 9.03. The smallest absolute Gasteiger partial charge is 0.224 e. The Hall–Kier alpha value is -3.65. The van der Waals surface area contributed by atoms with Crippen LogP contribution in [-0.4, -0.2) is 44.3 Å². The first-order chi connectivity index (χ1) is 14.5. The molecule has 0 aromatic carbocycles. The number of fused-ring (bicyclic) bond motifs is 1. The molecule has 0 fully saturated rings. The summed E-state index contributed by atoms with van der Waals surface area (Å²) in [7, 11) is 0. The molecule has 31 heavy (non-hydrogen) atoms. The Kier molecular flexibility index (Phi) is 13.4. The number of anilines is 3. The molecule has 11 heteroatoms. The van der Waals surface area contributed by atoms with Crippen molar-refractivity contribution in [3.63, 3.8) is 0 Å². The van der Waals surface area contributed by atoms with Gasteiger partial charge in [0.2, 0.25) is 5.95 Å². The largest absolute Gasteiger partial charge is 0.383 e. The third-order valence-corrected chi connectivity index (χ3v) is 4.13. The highest BCUT2D eigenvalue weighted by atomic mass is 32.2. The summed E-state index contributed by atoms with van der Waals surface area (Å²) in [6, 6.07) is 7.57. The predicted molar refractivity (Wildman–Crippen MR) is 132 cm³/mol. The molecule has 0 aliphatic carbocycles. The molecule has 0 bridgehead atoms. The standard InChI is InChI=1S/C9H11N5.C9H13N3S.CH2N2.CH4/c1-2-11-7-6-4-3-5-12-8(6)14-9(10)13-7;1-3-11-9(13-2)7-5-4-6-12-8(7)10;2-1-3;/h3-5H,2H2,1H3,(H3,10,11,12,13,14);4-6H,3H2,1-2H3,(H2,10,12);2H2;1H4. The maximum atomic E-state index is 7.10. The second-order valence-corrected chi connectivity index (χ2v) is 6.18. The van der Waals surface area contributed by atoms with Gasteiger partial charge >= 0.3 is 0 Å². The van der Waals surface area contributed by atoms with E-state index in [0.717, 1.165) is 34.9 Å². The van der Waals surface area contributed by atoms with Crippen molar-refractivity contribution in [1.82, 2.24) is 19.9 Å². The third-order valence-electron chi connectivity index (χ3n) is 3.40. The van der Waals surface area contributed by atoms with Crippen molar-refractivity contribution >= 4 is 45.4 Å². The molecule has 10 nitrogen and oxygen atoms in total. The van der Waals surface area contributed by atoms with Crippen LogP contribution in [0.5, 0.6) is 0 Å². The fraction of sp³-hybridized carbons (Fsp3) is 0.300. The monoisotopic (exact) mass is 442 g/mol. The average Bonchev–Trinajstić information content (AvgIpc) is 2.74. The van der Waals surface area contributed by atoms with E-state index in [2.05, 4.69) is 36.0 Å². The van der Waals surface area contributed by atoms with E-state index in [1.54, 1.807) is 24.2 Å². The van der Waals surface area contributed by atoms with Gasteiger partial charge in [-0.1, -0.05) is 7.43 Å². The summed E-state index contributed by atoms with van der Waals surface area (Å²) < 4.78 is 0. The van der Waals surface area contributed by atoms with E-state index in [1.165, 1.54) is 6.19 Å². The first-order valence-corrected chi connectivity index (χ1v) is 10.3. The second kappa shape index (κ2) is 15.2. The third kappa shape index (κ3) is 8.71. The van der Waals surface area contributed by atoms with Crippen LogP contribution in [0.15, 0.2) is 41.7 Å². The van der Waals surface area contributed by atoms with Crippen LogP contribution in [0.1, 0.15) is 26.8 Å². The molecule has 0 unspecified atom stereocenters. The quantitative estimate of drug-likeness (QED) is 0.203. The fourth-order valence-electron chi connectivity index (χ4n) is 2.28. The van der Waals surface area contributed by atoms with Crippen LogP contribution in [0, 0.1) is 11.5 Å². The number of nitriles is 1. The lowest BCUT2D eigenvalue weighted by molar-refractivity contribution is 1.14. The summed E-state index contributed by atoms with van der Waals surface area (Å²) in [5, 5.41) is 12.1. The topological polar surface area (TPSA) is 178 Å². The van der Waals surface area contributed by atoms with E-state index >= 15 is 0 Å². The van der Waals surface area contributed by atoms with Gasteiger partial charge in [-0.3, -0.25) is 4.99 Å². The molecule has 7 N–H and O–H groups in total. The van der Waals surface area contributed by atoms with Gasteiger partial charge in [-0.05, 0) is 44.4 Å². The van der Waals surface area contributed by atoms with E-state index in [1.807, 2.05) is 44.4 Å². The predicted octanol–water partition coefficient (Wildman–Crippen LogP) is 2.89. The molecule has 0 radical (unpaired) electrons. The van der Waals surface area contributed by atoms with Crippen molar-refractivity contribution in [3.05, 3.63) is 42.2 Å². The summed E-state index contributed by atoms with van der Waals surface area (Å²) in [5.74, 6) is 1.53. The molecule has 0 amide bonds. The lowest BCUT2D eigenvalue weighted by atomic mass is 10.3. The fourth-order valence-corrected chi connectivity index (χ4v) is 2.93. The van der Waals surface area contributed by atoms with Crippen LogP contribution in [0.3, 0.4) is 0 Å². The molecule has 3 aromatic rings. The molecule has 0 aliphatic rings. The molecule has 0 atom stereocenters. The molecular formula is C20H30N10S. The minimum absolute atomic E-state index is 0. The van der Waals surface area contributed by atoms with E-state index in [0.29, 0.717) is 11.5 Å². The molecule has 0 saturated heterocycles. The molecule has 0 aliphatic heterocycles. The number of hydrogen-bond donors (Lipinski definition) is 4. The number of nitrogens with zero attached hydrogens (tertiary/aromatic N) is 6. The number of pyridine rings is 2. The molecule has 3 aromatic heterocycles. The normalized spacial score (nSPS) is 9.81. The van der Waals surface area contributed by atoms with Gasteiger partial charge in [0, 0.05) is 31.0 Å². The van der Waals surface area contributed by atoms with Crippen LogP contribution in [0.2, 0.25) is 0 Å². The maximum absolute atomic E-state index is 7.10. The summed E-state index contributed by atoms with van der Waals surface area (Å²) in [6.45, 7) is 5.56. The molecule has 0 saturated carbocycles. The molecule has 0 spiro atoms. The van der Waals surface area contributed by atoms with Crippen LogP contribution < -0.4 is 22.5 Å². The zero-order valence-electron chi connectivity index (χ0n) is 17.2. The Morgan fingerprint density at radius 3 is 2.39 bits per heavy atom. The number of nitrogen functional groups attached to an aromatic ring is 2. The molecule has 3 heterocycles. The van der Waals surface area contributed by atoms with Crippen molar-refractivity contribution in [3.8, 4) is 6.19 Å². The summed E-state index contributed by atoms with van der Waals surface area (Å²) in [6.07, 6.45) is 6.61. The van der Waals surface area contributed by atoms with Gasteiger partial charge in [0.1, 0.15) is 16.7 Å². The highest BCUT2D eigenvalue weighted by Gasteiger charge is 2.05. The Balaban J connectivity index is 0.000000503. The van der Waals surface area contributed by atoms with E-state index in [4.69, 9.17) is 16.7 Å². The van der Waals surface area contributed by atoms with Gasteiger partial charge in [0.25, 0.3) is 0 Å². The number of thioether (sulfide) groups is 1. The van der Waals surface area contributed by atoms with Gasteiger partial charge in [0.05, 0.1) is 5.39 Å². The van der Waals surface area contributed by atoms with Crippen LogP contribution >= 0.6 is 11.8 Å². The van der Waals surface area contributed by atoms with E-state index < -0.39 is 0 Å². The number of aliphatic imine (C=N–C) groups is 1. The van der Waals surface area contributed by atoms with Crippen molar-refractivity contribution in [2.45, 2.75) is 21.3 Å². The lowest BCUT2D eigenvalue weighted by Crippen LogP contribution is -2.04. The molecule has 3 rings (SSSR count). The summed E-state index contributed by atoms with van der Waals surface area (Å²) >= 11 is 1.59. The summed E-state index contributed by atoms with van der Waals surface area (Å²) in [4.78, 5) is 20.6. The van der Waals surface area contributed by atoms with Gasteiger partial charge in [-0.15, -0.1) is 11.8 Å². The van der Waals surface area contributed by atoms with Gasteiger partial charge in [-0.25, -0.2) is 9.97 Å². The highest BCUT2D eigenvalue weighted by molar-refractivity contribution is 8.13. The van der Waals surface area contributed by atoms with Crippen molar-refractivity contribution in [2.75, 3.05) is 36.1 Å². The first kappa shape index (κ1) is 27.4. The van der Waals surface area contributed by atoms with E-state index in [-0.39, 0.29) is 13.4 Å². The van der Waals surface area contributed by atoms with Gasteiger partial charge in [-0.2, -0.15) is 15.2 Å². The number of rotatable bonds is 4. The minimum Gasteiger partial charge on any atom is -0.383 e. The highest BCUT2D eigenvalue weighted by Crippen LogP contribution is 2.18. The Morgan fingerprint density at radius 2 is 1.81 bits per heavy atom. The zero-order chi connectivity index (χ0) is 22.4. The zero-order valence-corrected chi connectivity index (χ0v) is 18.0. The van der Waals surface area contributed by atoms with Crippen molar-refractivity contribution in [2.24, 2.45) is 10.7 Å². The van der Waals surface area contributed by atoms with Crippen LogP contribution in [0.4, 0.5) is 17.6 Å². The Morgan fingerprint density at radius 1 is 1.16 bits per heavy atom. The maximum Gasteiger partial charge on any atom is 0.224 e. The number of hydrogen-bond acceptors (Lipinski definition) is 11. The number of nitrogens with two attached hydrogens (primary N) is 3. The lowest BCUT2D eigenvalue weighted by Gasteiger charge is -2.05. The second-order valence-electron chi connectivity index (χ2n) is 5.38. The van der Waals surface area contributed by atoms with E-state index in [9.17, 15) is 0 Å². The molecule has 166 valence electrons. The van der Waals surface area contributed by atoms with Gasteiger partial charge in [0.15, 0.2) is 11.8 Å². The average molecular weight is 443 g/mol. The van der Waals surface area contributed by atoms with Crippen LogP contribution in [0.25, 0.3) is 11.0 Å². The number of aromatic nitrogens is 4. The van der Waals surface area contributed by atoms with Crippen LogP contribution in [-0.2, 0) is 0 Å². The molecular weight excluding hydrogens is 412 g/mol. The minimum atomic E-state index is 0. The van der Waals surface area contributed by atoms with Crippen molar-refractivity contribution in [1.29, 1.82) is 5.26 Å². The summed E-state index contributed by atoms with van der Waals surface area (Å²) in [5.41, 5.74) is 17.0. The SMILES string of the molecule is C.CCN=C(SC)c1cccnc1N.CCNc1nc(N)nc2ncccc12.N#CN.